The number of hydrogen-bond donors (Lipinski definition) is 1. The van der Waals surface area contributed by atoms with E-state index >= 15 is 0 Å². The average Bonchev–Trinajstić information content (AvgIpc) is 3.12. The lowest BCUT2D eigenvalue weighted by molar-refractivity contribution is -0.0469. The minimum absolute atomic E-state index is 0.221. The molecule has 0 amide bonds. The molecule has 1 N–H and O–H groups in total. The summed E-state index contributed by atoms with van der Waals surface area (Å²) in [7, 11) is 0. The second-order valence-electron chi connectivity index (χ2n) is 6.46. The van der Waals surface area contributed by atoms with Gasteiger partial charge in [0.05, 0.1) is 6.10 Å². The lowest BCUT2D eigenvalue weighted by Gasteiger charge is -2.26. The van der Waals surface area contributed by atoms with E-state index in [0.717, 1.165) is 44.9 Å². The number of ether oxygens (including phenoxy) is 1. The first-order chi connectivity index (χ1) is 10.2. The number of aliphatic hydroxyl groups excluding tert-OH is 1. The number of rotatable bonds is 5. The Bertz CT molecular complexity index is 454. The number of aromatic nitrogens is 2. The predicted octanol–water partition coefficient (Wildman–Crippen LogP) is 2.97. The molecule has 2 saturated carbocycles. The van der Waals surface area contributed by atoms with Crippen LogP contribution in [0.3, 0.4) is 0 Å². The summed E-state index contributed by atoms with van der Waals surface area (Å²) in [6, 6.07) is 0. The van der Waals surface area contributed by atoms with Crippen LogP contribution in [0, 0.1) is 5.92 Å². The van der Waals surface area contributed by atoms with E-state index < -0.39 is 0 Å². The van der Waals surface area contributed by atoms with E-state index in [1.165, 1.54) is 6.42 Å². The highest BCUT2D eigenvalue weighted by Crippen LogP contribution is 2.40. The van der Waals surface area contributed by atoms with Gasteiger partial charge in [-0.1, -0.05) is 18.0 Å². The molecule has 0 bridgehead atoms. The molecule has 0 spiro atoms. The fourth-order valence-corrected chi connectivity index (χ4v) is 3.83. The van der Waals surface area contributed by atoms with Gasteiger partial charge in [0, 0.05) is 13.0 Å². The van der Waals surface area contributed by atoms with Crippen LogP contribution in [0.1, 0.15) is 70.0 Å². The molecule has 118 valence electrons. The first-order valence-corrected chi connectivity index (χ1v) is 8.38. The molecule has 2 aliphatic rings. The maximum absolute atomic E-state index is 10.1. The van der Waals surface area contributed by atoms with Crippen LogP contribution in [-0.2, 0) is 16.8 Å². The lowest BCUT2D eigenvalue weighted by atomic mass is 9.84. The first kappa shape index (κ1) is 15.0. The quantitative estimate of drug-likeness (QED) is 0.904. The lowest BCUT2D eigenvalue weighted by Crippen LogP contribution is -2.28. The van der Waals surface area contributed by atoms with Crippen molar-refractivity contribution < 1.29 is 14.4 Å². The maximum atomic E-state index is 10.1. The summed E-state index contributed by atoms with van der Waals surface area (Å²) < 4.78 is 11.4. The second-order valence-corrected chi connectivity index (χ2v) is 6.46. The molecule has 0 aromatic carbocycles. The summed E-state index contributed by atoms with van der Waals surface area (Å²) in [5.74, 6) is 1.63. The van der Waals surface area contributed by atoms with Gasteiger partial charge >= 0.3 is 0 Å². The van der Waals surface area contributed by atoms with Crippen molar-refractivity contribution in [3.8, 4) is 0 Å². The molecule has 0 aliphatic heterocycles. The van der Waals surface area contributed by atoms with E-state index in [2.05, 4.69) is 10.1 Å². The molecular formula is C16H26N2O3. The van der Waals surface area contributed by atoms with Gasteiger partial charge in [0.2, 0.25) is 11.7 Å². The summed E-state index contributed by atoms with van der Waals surface area (Å²) >= 11 is 0. The zero-order valence-electron chi connectivity index (χ0n) is 12.9. The summed E-state index contributed by atoms with van der Waals surface area (Å²) in [4.78, 5) is 4.60. The topological polar surface area (TPSA) is 68.4 Å². The number of aliphatic hydroxyl groups is 1. The minimum atomic E-state index is -0.332. The minimum Gasteiger partial charge on any atom is -0.393 e. The Morgan fingerprint density at radius 1 is 1.24 bits per heavy atom. The zero-order chi connectivity index (χ0) is 14.7. The molecule has 2 unspecified atom stereocenters. The van der Waals surface area contributed by atoms with E-state index in [1.54, 1.807) is 0 Å². The number of nitrogens with zero attached hydrogens (tertiary/aromatic N) is 2. The standard InChI is InChI=1S/C16H26N2O3/c1-2-20-16(9-5-6-10-16)15-17-14(21-18-15)11-12-7-3-4-8-13(12)19/h12-13,19H,2-11H2,1H3. The van der Waals surface area contributed by atoms with Crippen molar-refractivity contribution in [2.45, 2.75) is 76.4 Å². The molecule has 2 fully saturated rings. The van der Waals surface area contributed by atoms with Gasteiger partial charge in [0.1, 0.15) is 5.60 Å². The van der Waals surface area contributed by atoms with Crippen molar-refractivity contribution in [2.24, 2.45) is 5.92 Å². The predicted molar refractivity (Wildman–Crippen MR) is 77.7 cm³/mol. The Labute approximate surface area is 126 Å². The average molecular weight is 294 g/mol. The van der Waals surface area contributed by atoms with Crippen LogP contribution >= 0.6 is 0 Å². The van der Waals surface area contributed by atoms with Crippen molar-refractivity contribution in [2.75, 3.05) is 6.61 Å². The highest BCUT2D eigenvalue weighted by Gasteiger charge is 2.41. The highest BCUT2D eigenvalue weighted by molar-refractivity contribution is 5.05. The molecule has 2 aliphatic carbocycles. The van der Waals surface area contributed by atoms with Crippen LogP contribution < -0.4 is 0 Å². The SMILES string of the molecule is CCOC1(c2noc(CC3CCCCC3O)n2)CCCC1. The van der Waals surface area contributed by atoms with Gasteiger partial charge in [-0.3, -0.25) is 0 Å². The van der Waals surface area contributed by atoms with Crippen LogP contribution in [0.2, 0.25) is 0 Å². The van der Waals surface area contributed by atoms with Crippen molar-refractivity contribution in [1.29, 1.82) is 0 Å². The molecule has 5 nitrogen and oxygen atoms in total. The Kier molecular flexibility index (Phi) is 4.60. The van der Waals surface area contributed by atoms with Crippen molar-refractivity contribution in [3.05, 3.63) is 11.7 Å². The van der Waals surface area contributed by atoms with E-state index in [1.807, 2.05) is 6.92 Å². The second kappa shape index (κ2) is 6.44. The van der Waals surface area contributed by atoms with Gasteiger partial charge in [-0.25, -0.2) is 0 Å². The third kappa shape index (κ3) is 3.14. The third-order valence-corrected chi connectivity index (χ3v) is 5.01. The molecule has 21 heavy (non-hydrogen) atoms. The molecule has 1 heterocycles. The Morgan fingerprint density at radius 2 is 2.00 bits per heavy atom. The van der Waals surface area contributed by atoms with Crippen LogP contribution in [0.5, 0.6) is 0 Å². The first-order valence-electron chi connectivity index (χ1n) is 8.38. The van der Waals surface area contributed by atoms with E-state index in [0.29, 0.717) is 24.7 Å². The van der Waals surface area contributed by atoms with Crippen molar-refractivity contribution in [3.63, 3.8) is 0 Å². The van der Waals surface area contributed by atoms with Crippen molar-refractivity contribution >= 4 is 0 Å². The Morgan fingerprint density at radius 3 is 2.71 bits per heavy atom. The molecular weight excluding hydrogens is 268 g/mol. The summed E-state index contributed by atoms with van der Waals surface area (Å²) in [6.45, 7) is 2.69. The van der Waals surface area contributed by atoms with Crippen LogP contribution in [0.4, 0.5) is 0 Å². The smallest absolute Gasteiger partial charge is 0.227 e. The highest BCUT2D eigenvalue weighted by atomic mass is 16.5. The Balaban J connectivity index is 1.70. The molecule has 2 atom stereocenters. The largest absolute Gasteiger partial charge is 0.393 e. The molecule has 3 rings (SSSR count). The number of hydrogen-bond acceptors (Lipinski definition) is 5. The Hall–Kier alpha value is -0.940. The summed E-state index contributed by atoms with van der Waals surface area (Å²) in [6.07, 6.45) is 9.00. The van der Waals surface area contributed by atoms with Crippen molar-refractivity contribution in [1.82, 2.24) is 10.1 Å². The van der Waals surface area contributed by atoms with E-state index in [9.17, 15) is 5.11 Å². The van der Waals surface area contributed by atoms with Gasteiger partial charge < -0.3 is 14.4 Å². The normalized spacial score (nSPS) is 28.9. The zero-order valence-corrected chi connectivity index (χ0v) is 12.9. The monoisotopic (exact) mass is 294 g/mol. The summed E-state index contributed by atoms with van der Waals surface area (Å²) in [5, 5.41) is 14.3. The van der Waals surface area contributed by atoms with Gasteiger partial charge in [0.25, 0.3) is 0 Å². The van der Waals surface area contributed by atoms with Gasteiger partial charge in [0.15, 0.2) is 0 Å². The van der Waals surface area contributed by atoms with Gasteiger partial charge in [-0.2, -0.15) is 4.98 Å². The fraction of sp³-hybridized carbons (Fsp3) is 0.875. The van der Waals surface area contributed by atoms with Crippen LogP contribution in [-0.4, -0.2) is 28.0 Å². The third-order valence-electron chi connectivity index (χ3n) is 5.01. The van der Waals surface area contributed by atoms with Gasteiger partial charge in [-0.05, 0) is 51.4 Å². The molecule has 1 aromatic heterocycles. The van der Waals surface area contributed by atoms with E-state index in [4.69, 9.17) is 9.26 Å². The van der Waals surface area contributed by atoms with Crippen LogP contribution in [0.25, 0.3) is 0 Å². The maximum Gasteiger partial charge on any atom is 0.227 e. The summed E-state index contributed by atoms with van der Waals surface area (Å²) in [5.41, 5.74) is -0.332. The molecule has 1 aromatic rings. The molecule has 0 saturated heterocycles. The fourth-order valence-electron chi connectivity index (χ4n) is 3.83. The molecule has 5 heteroatoms. The molecule has 0 radical (unpaired) electrons. The van der Waals surface area contributed by atoms with Gasteiger partial charge in [-0.15, -0.1) is 0 Å². The van der Waals surface area contributed by atoms with E-state index in [-0.39, 0.29) is 17.6 Å². The van der Waals surface area contributed by atoms with Crippen LogP contribution in [0.15, 0.2) is 4.52 Å².